The average molecular weight is 193 g/mol. The molecule has 0 spiro atoms. The number of aromatic nitrogens is 3. The summed E-state index contributed by atoms with van der Waals surface area (Å²) in [5, 5.41) is 0. The van der Waals surface area contributed by atoms with Crippen LogP contribution in [-0.4, -0.2) is 20.6 Å². The molecule has 0 fully saturated rings. The lowest BCUT2D eigenvalue weighted by molar-refractivity contribution is 0.140. The van der Waals surface area contributed by atoms with Gasteiger partial charge in [-0.15, -0.1) is 0 Å². The highest BCUT2D eigenvalue weighted by Crippen LogP contribution is 1.99. The third-order valence-corrected chi connectivity index (χ3v) is 1.54. The Labute approximate surface area is 79.1 Å². The molecule has 0 aliphatic heterocycles. The van der Waals surface area contributed by atoms with E-state index in [4.69, 9.17) is 9.15 Å². The first kappa shape index (κ1) is 8.49. The molecular weight excluding hydrogens is 186 g/mol. The number of hydrogen-bond acceptors (Lipinski definition) is 5. The molecule has 0 saturated heterocycles. The first-order valence-electron chi connectivity index (χ1n) is 3.88. The van der Waals surface area contributed by atoms with Crippen molar-refractivity contribution in [1.82, 2.24) is 14.5 Å². The number of carbonyl (C=O) groups is 1. The normalized spacial score (nSPS) is 10.0. The van der Waals surface area contributed by atoms with E-state index in [1.54, 1.807) is 0 Å². The predicted molar refractivity (Wildman–Crippen MR) is 44.3 cm³/mol. The largest absolute Gasteiger partial charge is 0.451 e. The molecule has 0 unspecified atom stereocenters. The molecule has 2 rings (SSSR count). The van der Waals surface area contributed by atoms with Crippen molar-refractivity contribution in [1.29, 1.82) is 0 Å². The van der Waals surface area contributed by atoms with Gasteiger partial charge in [0, 0.05) is 12.4 Å². The first-order chi connectivity index (χ1) is 6.86. The first-order valence-corrected chi connectivity index (χ1v) is 3.88. The second kappa shape index (κ2) is 3.73. The van der Waals surface area contributed by atoms with Gasteiger partial charge in [-0.25, -0.2) is 19.3 Å². The van der Waals surface area contributed by atoms with Crippen molar-refractivity contribution in [2.75, 3.05) is 0 Å². The van der Waals surface area contributed by atoms with Gasteiger partial charge in [0.05, 0.1) is 0 Å². The lowest BCUT2D eigenvalue weighted by Crippen LogP contribution is -2.11. The van der Waals surface area contributed by atoms with Crippen molar-refractivity contribution in [3.8, 4) is 0 Å². The van der Waals surface area contributed by atoms with Gasteiger partial charge in [-0.05, 0) is 0 Å². The fourth-order valence-corrected chi connectivity index (χ4v) is 0.886. The van der Waals surface area contributed by atoms with E-state index in [2.05, 4.69) is 9.97 Å². The molecule has 0 aromatic carbocycles. The molecule has 14 heavy (non-hydrogen) atoms. The molecule has 0 aliphatic carbocycles. The molecule has 6 nitrogen and oxygen atoms in total. The zero-order valence-corrected chi connectivity index (χ0v) is 7.16. The Kier molecular flexibility index (Phi) is 2.26. The maximum atomic E-state index is 11.2. The lowest BCUT2D eigenvalue weighted by atomic mass is 10.5. The second-order valence-corrected chi connectivity index (χ2v) is 2.50. The molecule has 0 aliphatic rings. The van der Waals surface area contributed by atoms with Crippen molar-refractivity contribution in [3.05, 3.63) is 37.1 Å². The molecule has 0 N–H and O–H groups in total. The minimum atomic E-state index is -0.495. The lowest BCUT2D eigenvalue weighted by Gasteiger charge is -2.01. The predicted octanol–water partition coefficient (Wildman–Crippen LogP) is 1.06. The van der Waals surface area contributed by atoms with E-state index < -0.39 is 6.09 Å². The van der Waals surface area contributed by atoms with Crippen LogP contribution in [0.25, 0.3) is 0 Å². The fourth-order valence-electron chi connectivity index (χ4n) is 0.886. The van der Waals surface area contributed by atoms with Crippen LogP contribution in [0, 0.1) is 0 Å². The van der Waals surface area contributed by atoms with Crippen LogP contribution in [0.15, 0.2) is 35.8 Å². The van der Waals surface area contributed by atoms with Crippen LogP contribution < -0.4 is 0 Å². The summed E-state index contributed by atoms with van der Waals surface area (Å²) < 4.78 is 10.8. The Morgan fingerprint density at radius 3 is 3.21 bits per heavy atom. The van der Waals surface area contributed by atoms with Gasteiger partial charge >= 0.3 is 6.09 Å². The van der Waals surface area contributed by atoms with E-state index in [1.165, 1.54) is 35.9 Å². The second-order valence-electron chi connectivity index (χ2n) is 2.50. The van der Waals surface area contributed by atoms with E-state index in [0.717, 1.165) is 0 Å². The molecule has 0 atom stereocenters. The Bertz CT molecular complexity index is 393. The summed E-state index contributed by atoms with van der Waals surface area (Å²) in [4.78, 5) is 18.8. The van der Waals surface area contributed by atoms with Gasteiger partial charge in [-0.2, -0.15) is 0 Å². The van der Waals surface area contributed by atoms with Crippen LogP contribution in [0.3, 0.4) is 0 Å². The molecular formula is C8H7N3O3. The molecule has 72 valence electrons. The number of nitrogens with zero attached hydrogens (tertiary/aromatic N) is 3. The highest BCUT2D eigenvalue weighted by Gasteiger charge is 2.05. The molecule has 2 aromatic rings. The molecule has 6 heteroatoms. The monoisotopic (exact) mass is 193 g/mol. The summed E-state index contributed by atoms with van der Waals surface area (Å²) in [6.45, 7) is 0.0908. The van der Waals surface area contributed by atoms with Gasteiger partial charge in [0.1, 0.15) is 24.9 Å². The third-order valence-electron chi connectivity index (χ3n) is 1.54. The van der Waals surface area contributed by atoms with Crippen molar-refractivity contribution >= 4 is 6.09 Å². The van der Waals surface area contributed by atoms with Crippen molar-refractivity contribution < 1.29 is 13.9 Å². The number of ether oxygens (including phenoxy) is 1. The maximum absolute atomic E-state index is 11.2. The number of rotatable bonds is 2. The van der Waals surface area contributed by atoms with Crippen LogP contribution in [0.2, 0.25) is 0 Å². The zero-order valence-electron chi connectivity index (χ0n) is 7.16. The number of hydrogen-bond donors (Lipinski definition) is 0. The van der Waals surface area contributed by atoms with Crippen molar-refractivity contribution in [2.24, 2.45) is 0 Å². The third kappa shape index (κ3) is 1.79. The molecule has 0 radical (unpaired) electrons. The summed E-state index contributed by atoms with van der Waals surface area (Å²) in [6, 6.07) is 0. The number of carbonyl (C=O) groups excluding carboxylic acids is 1. The summed E-state index contributed by atoms with van der Waals surface area (Å²) >= 11 is 0. The number of oxazole rings is 1. The molecule has 0 bridgehead atoms. The minimum Gasteiger partial charge on any atom is -0.451 e. The fraction of sp³-hybridized carbons (Fsp3) is 0.125. The van der Waals surface area contributed by atoms with Crippen molar-refractivity contribution in [3.63, 3.8) is 0 Å². The van der Waals surface area contributed by atoms with Crippen LogP contribution in [0.4, 0.5) is 4.79 Å². The maximum Gasteiger partial charge on any atom is 0.419 e. The van der Waals surface area contributed by atoms with Gasteiger partial charge in [0.2, 0.25) is 0 Å². The molecule has 0 amide bonds. The summed E-state index contributed by atoms with van der Waals surface area (Å²) in [6.07, 6.45) is 6.57. The summed E-state index contributed by atoms with van der Waals surface area (Å²) in [5.74, 6) is 0. The van der Waals surface area contributed by atoms with E-state index >= 15 is 0 Å². The van der Waals surface area contributed by atoms with E-state index in [0.29, 0.717) is 5.69 Å². The summed E-state index contributed by atoms with van der Waals surface area (Å²) in [5.41, 5.74) is 0.568. The SMILES string of the molecule is O=C(OCc1cocn1)n1ccnc1. The topological polar surface area (TPSA) is 70.2 Å². The van der Waals surface area contributed by atoms with E-state index in [9.17, 15) is 4.79 Å². The molecule has 2 heterocycles. The van der Waals surface area contributed by atoms with Crippen LogP contribution in [0.1, 0.15) is 5.69 Å². The van der Waals surface area contributed by atoms with E-state index in [-0.39, 0.29) is 6.61 Å². The standard InChI is InChI=1S/C8H7N3O3/c12-8(11-2-1-9-5-11)14-4-7-3-13-6-10-7/h1-3,5-6H,4H2. The van der Waals surface area contributed by atoms with Gasteiger partial charge in [0.25, 0.3) is 0 Å². The van der Waals surface area contributed by atoms with Gasteiger partial charge < -0.3 is 9.15 Å². The van der Waals surface area contributed by atoms with Gasteiger partial charge in [-0.1, -0.05) is 0 Å². The quantitative estimate of drug-likeness (QED) is 0.713. The van der Waals surface area contributed by atoms with Crippen LogP contribution in [-0.2, 0) is 11.3 Å². The highest BCUT2D eigenvalue weighted by molar-refractivity contribution is 5.69. The number of imidazole rings is 1. The average Bonchev–Trinajstić information content (AvgIpc) is 2.87. The highest BCUT2D eigenvalue weighted by atomic mass is 16.5. The van der Waals surface area contributed by atoms with Gasteiger partial charge in [0.15, 0.2) is 6.39 Å². The van der Waals surface area contributed by atoms with Crippen LogP contribution >= 0.6 is 0 Å². The Hall–Kier alpha value is -2.11. The minimum absolute atomic E-state index is 0.0908. The molecule has 0 saturated carbocycles. The van der Waals surface area contributed by atoms with Gasteiger partial charge in [-0.3, -0.25) is 0 Å². The smallest absolute Gasteiger partial charge is 0.419 e. The Morgan fingerprint density at radius 1 is 1.64 bits per heavy atom. The van der Waals surface area contributed by atoms with E-state index in [1.807, 2.05) is 0 Å². The zero-order chi connectivity index (χ0) is 9.80. The Morgan fingerprint density at radius 2 is 2.57 bits per heavy atom. The molecule has 2 aromatic heterocycles. The van der Waals surface area contributed by atoms with Crippen molar-refractivity contribution in [2.45, 2.75) is 6.61 Å². The van der Waals surface area contributed by atoms with Crippen LogP contribution in [0.5, 0.6) is 0 Å². The Balaban J connectivity index is 1.90. The summed E-state index contributed by atoms with van der Waals surface area (Å²) in [7, 11) is 0.